The van der Waals surface area contributed by atoms with Crippen LogP contribution in [0.5, 0.6) is 0 Å². The lowest BCUT2D eigenvalue weighted by atomic mass is 10.1. The number of hydrogen-bond donors (Lipinski definition) is 1. The summed E-state index contributed by atoms with van der Waals surface area (Å²) in [5.41, 5.74) is 3.82. The number of nitrogens with zero attached hydrogens (tertiary/aromatic N) is 6. The fraction of sp³-hybridized carbons (Fsp3) is 0.312. The van der Waals surface area contributed by atoms with Crippen LogP contribution in [-0.2, 0) is 13.0 Å². The van der Waals surface area contributed by atoms with Crippen molar-refractivity contribution in [2.24, 2.45) is 0 Å². The molecule has 3 aromatic heterocycles. The van der Waals surface area contributed by atoms with Crippen molar-refractivity contribution < 1.29 is 4.79 Å². The van der Waals surface area contributed by atoms with Gasteiger partial charge in [-0.2, -0.15) is 10.2 Å². The van der Waals surface area contributed by atoms with Gasteiger partial charge in [-0.1, -0.05) is 0 Å². The third-order valence-electron chi connectivity index (χ3n) is 4.27. The molecule has 0 unspecified atom stereocenters. The van der Waals surface area contributed by atoms with Crippen molar-refractivity contribution in [3.63, 3.8) is 0 Å². The highest BCUT2D eigenvalue weighted by molar-refractivity contribution is 6.01. The van der Waals surface area contributed by atoms with Gasteiger partial charge >= 0.3 is 0 Å². The van der Waals surface area contributed by atoms with E-state index in [4.69, 9.17) is 0 Å². The predicted octanol–water partition coefficient (Wildman–Crippen LogP) is 1.07. The van der Waals surface area contributed by atoms with Crippen molar-refractivity contribution in [1.29, 1.82) is 0 Å². The van der Waals surface area contributed by atoms with Gasteiger partial charge in [0.2, 0.25) is 0 Å². The van der Waals surface area contributed by atoms with E-state index in [0.717, 1.165) is 11.3 Å². The number of anilines is 1. The van der Waals surface area contributed by atoms with E-state index in [1.54, 1.807) is 30.0 Å². The Morgan fingerprint density at radius 1 is 1.33 bits per heavy atom. The third kappa shape index (κ3) is 2.27. The van der Waals surface area contributed by atoms with Crippen LogP contribution in [0.1, 0.15) is 27.3 Å². The molecule has 8 heteroatoms. The van der Waals surface area contributed by atoms with Crippen LogP contribution < -0.4 is 5.32 Å². The maximum absolute atomic E-state index is 13.0. The average molecular weight is 323 g/mol. The molecule has 4 rings (SSSR count). The summed E-state index contributed by atoms with van der Waals surface area (Å²) in [7, 11) is 1.80. The third-order valence-corrected chi connectivity index (χ3v) is 4.27. The lowest BCUT2D eigenvalue weighted by molar-refractivity contribution is 0.0734. The van der Waals surface area contributed by atoms with E-state index in [2.05, 4.69) is 25.6 Å². The molecule has 0 radical (unpaired) electrons. The maximum atomic E-state index is 13.0. The van der Waals surface area contributed by atoms with Gasteiger partial charge in [-0.05, 0) is 24.6 Å². The fourth-order valence-corrected chi connectivity index (χ4v) is 3.03. The number of hydrogen-bond acceptors (Lipinski definition) is 6. The van der Waals surface area contributed by atoms with E-state index in [-0.39, 0.29) is 5.91 Å². The van der Waals surface area contributed by atoms with Crippen LogP contribution in [0.4, 0.5) is 5.82 Å². The van der Waals surface area contributed by atoms with Gasteiger partial charge < -0.3 is 10.2 Å². The van der Waals surface area contributed by atoms with E-state index in [0.29, 0.717) is 42.2 Å². The van der Waals surface area contributed by atoms with E-state index in [1.165, 1.54) is 0 Å². The number of rotatable bonds is 2. The minimum Gasteiger partial charge on any atom is -0.372 e. The molecular weight excluding hydrogens is 306 g/mol. The van der Waals surface area contributed by atoms with Crippen molar-refractivity contribution in [1.82, 2.24) is 29.7 Å². The summed E-state index contributed by atoms with van der Waals surface area (Å²) >= 11 is 0. The number of aryl methyl sites for hydroxylation is 1. The molecular formula is C16H17N7O. The molecule has 1 aliphatic rings. The Hall–Kier alpha value is -3.03. The minimum absolute atomic E-state index is 0.0466. The molecule has 3 aromatic rings. The van der Waals surface area contributed by atoms with Gasteiger partial charge in [0.1, 0.15) is 11.4 Å². The molecule has 4 heterocycles. The second-order valence-corrected chi connectivity index (χ2v) is 5.78. The van der Waals surface area contributed by atoms with Crippen LogP contribution in [0.2, 0.25) is 0 Å². The number of fused-ring (bicyclic) bond motifs is 2. The van der Waals surface area contributed by atoms with Gasteiger partial charge in [0.05, 0.1) is 11.4 Å². The van der Waals surface area contributed by atoms with Crippen LogP contribution in [-0.4, -0.2) is 49.2 Å². The Balaban J connectivity index is 1.69. The highest BCUT2D eigenvalue weighted by Crippen LogP contribution is 2.22. The zero-order chi connectivity index (χ0) is 16.7. The summed E-state index contributed by atoms with van der Waals surface area (Å²) in [6, 6.07) is 3.74. The molecule has 0 spiro atoms. The van der Waals surface area contributed by atoms with Gasteiger partial charge in [0, 0.05) is 39.0 Å². The zero-order valence-electron chi connectivity index (χ0n) is 13.5. The van der Waals surface area contributed by atoms with Gasteiger partial charge in [0.25, 0.3) is 5.91 Å². The molecule has 0 fully saturated rings. The Labute approximate surface area is 138 Å². The smallest absolute Gasteiger partial charge is 0.259 e. The van der Waals surface area contributed by atoms with Crippen LogP contribution in [0.25, 0.3) is 5.65 Å². The minimum atomic E-state index is -0.0466. The fourth-order valence-electron chi connectivity index (χ4n) is 3.03. The van der Waals surface area contributed by atoms with E-state index in [9.17, 15) is 4.79 Å². The largest absolute Gasteiger partial charge is 0.372 e. The molecule has 0 aromatic carbocycles. The number of amides is 1. The Morgan fingerprint density at radius 3 is 3.04 bits per heavy atom. The molecule has 0 bridgehead atoms. The molecule has 1 aliphatic heterocycles. The number of carbonyl (C=O) groups excluding carboxylic acids is 1. The van der Waals surface area contributed by atoms with Gasteiger partial charge in [-0.15, -0.1) is 5.10 Å². The molecule has 8 nitrogen and oxygen atoms in total. The molecule has 24 heavy (non-hydrogen) atoms. The van der Waals surface area contributed by atoms with E-state index in [1.807, 2.05) is 17.9 Å². The first-order valence-electron chi connectivity index (χ1n) is 7.80. The number of aromatic nitrogens is 5. The normalized spacial score (nSPS) is 13.8. The first kappa shape index (κ1) is 14.6. The highest BCUT2D eigenvalue weighted by atomic mass is 16.2. The summed E-state index contributed by atoms with van der Waals surface area (Å²) < 4.78 is 1.64. The topological polar surface area (TPSA) is 88.3 Å². The first-order chi connectivity index (χ1) is 11.7. The van der Waals surface area contributed by atoms with Crippen LogP contribution >= 0.6 is 0 Å². The van der Waals surface area contributed by atoms with Gasteiger partial charge in [-0.25, -0.2) is 9.50 Å². The highest BCUT2D eigenvalue weighted by Gasteiger charge is 2.27. The standard InChI is InChI=1S/C16H17N7O/c1-10-14(15-18-5-3-6-23(15)21-10)16(24)22-7-4-12-11(9-22)8-13(17-2)20-19-12/h3,5-6,8H,4,7,9H2,1-2H3,(H,17,20). The van der Waals surface area contributed by atoms with Crippen molar-refractivity contribution in [2.75, 3.05) is 18.9 Å². The van der Waals surface area contributed by atoms with Gasteiger partial charge in [0.15, 0.2) is 5.65 Å². The molecule has 1 N–H and O–H groups in total. The molecule has 0 atom stereocenters. The second-order valence-electron chi connectivity index (χ2n) is 5.78. The van der Waals surface area contributed by atoms with Crippen molar-refractivity contribution in [3.05, 3.63) is 47.0 Å². The monoisotopic (exact) mass is 323 g/mol. The average Bonchev–Trinajstić information content (AvgIpc) is 2.95. The maximum Gasteiger partial charge on any atom is 0.259 e. The Bertz CT molecular complexity index is 933. The summed E-state index contributed by atoms with van der Waals surface area (Å²) in [5, 5.41) is 15.7. The Kier molecular flexibility index (Phi) is 3.37. The summed E-state index contributed by atoms with van der Waals surface area (Å²) in [6.45, 7) is 2.97. The zero-order valence-corrected chi connectivity index (χ0v) is 13.5. The number of nitrogens with one attached hydrogen (secondary N) is 1. The Morgan fingerprint density at radius 2 is 2.21 bits per heavy atom. The van der Waals surface area contributed by atoms with E-state index < -0.39 is 0 Å². The summed E-state index contributed by atoms with van der Waals surface area (Å²) in [6.07, 6.45) is 4.17. The molecule has 0 saturated carbocycles. The predicted molar refractivity (Wildman–Crippen MR) is 87.7 cm³/mol. The van der Waals surface area contributed by atoms with Crippen LogP contribution in [0.3, 0.4) is 0 Å². The lowest BCUT2D eigenvalue weighted by Crippen LogP contribution is -2.36. The second kappa shape index (κ2) is 5.55. The summed E-state index contributed by atoms with van der Waals surface area (Å²) in [4.78, 5) is 19.2. The molecule has 0 saturated heterocycles. The van der Waals surface area contributed by atoms with Crippen molar-refractivity contribution in [3.8, 4) is 0 Å². The number of carbonyl (C=O) groups is 1. The van der Waals surface area contributed by atoms with Crippen molar-refractivity contribution >= 4 is 17.4 Å². The first-order valence-corrected chi connectivity index (χ1v) is 7.80. The molecule has 0 aliphatic carbocycles. The van der Waals surface area contributed by atoms with E-state index >= 15 is 0 Å². The lowest BCUT2D eigenvalue weighted by Gasteiger charge is -2.28. The summed E-state index contributed by atoms with van der Waals surface area (Å²) in [5.74, 6) is 0.659. The molecule has 122 valence electrons. The SMILES string of the molecule is CNc1cc2c(nn1)CCN(C(=O)c1c(C)nn3cccnc13)C2. The van der Waals surface area contributed by atoms with Crippen LogP contribution in [0.15, 0.2) is 24.5 Å². The van der Waals surface area contributed by atoms with Gasteiger partial charge in [-0.3, -0.25) is 4.79 Å². The van der Waals surface area contributed by atoms with Crippen molar-refractivity contribution in [2.45, 2.75) is 19.9 Å². The quantitative estimate of drug-likeness (QED) is 0.759. The molecule has 1 amide bonds. The van der Waals surface area contributed by atoms with Crippen LogP contribution in [0, 0.1) is 6.92 Å².